The Kier molecular flexibility index (Phi) is 41.9. The van der Waals surface area contributed by atoms with Crippen molar-refractivity contribution in [3.05, 3.63) is 61.2 Å². The fraction of sp³-hybridized carbons (Fsp3) is 0.720. The van der Waals surface area contributed by atoms with Gasteiger partial charge in [-0.3, -0.25) is 9.59 Å². The van der Waals surface area contributed by atoms with Gasteiger partial charge in [0, 0.05) is 37.1 Å². The Morgan fingerprint density at radius 2 is 0.567 bits per heavy atom. The zero-order chi connectivity index (χ0) is 44.0. The largest absolute Gasteiger partial charge is 0.543 e. The van der Waals surface area contributed by atoms with Crippen molar-refractivity contribution in [3.63, 3.8) is 0 Å². The molecule has 0 radical (unpaired) electrons. The number of aliphatic carboxylic acids is 2. The highest BCUT2D eigenvalue weighted by molar-refractivity contribution is 6.25. The summed E-state index contributed by atoms with van der Waals surface area (Å²) in [6.07, 6.45) is 49.9. The molecule has 0 aliphatic rings. The molecule has 60 heavy (non-hydrogen) atoms. The van der Waals surface area contributed by atoms with Gasteiger partial charge in [0.15, 0.2) is 24.8 Å². The van der Waals surface area contributed by atoms with Crippen molar-refractivity contribution in [1.82, 2.24) is 10.6 Å². The lowest BCUT2D eigenvalue weighted by Gasteiger charge is -2.04. The molecule has 0 atom stereocenters. The van der Waals surface area contributed by atoms with Crippen LogP contribution >= 0.6 is 0 Å². The van der Waals surface area contributed by atoms with Crippen molar-refractivity contribution in [3.8, 4) is 0 Å². The van der Waals surface area contributed by atoms with Crippen LogP contribution in [0.25, 0.3) is 0 Å². The zero-order valence-corrected chi connectivity index (χ0v) is 38.2. The number of pyridine rings is 2. The molecule has 0 aromatic carbocycles. The third-order valence-electron chi connectivity index (χ3n) is 10.7. The minimum absolute atomic E-state index is 0.168. The lowest BCUT2D eigenvalue weighted by Crippen LogP contribution is -2.42. The van der Waals surface area contributed by atoms with Gasteiger partial charge in [-0.25, -0.2) is 0 Å². The van der Waals surface area contributed by atoms with Crippen molar-refractivity contribution in [1.29, 1.82) is 0 Å². The second-order valence-electron chi connectivity index (χ2n) is 16.3. The number of nitrogens with zero attached hydrogens (tertiary/aromatic N) is 2. The smallest absolute Gasteiger partial charge is 0.224 e. The van der Waals surface area contributed by atoms with E-state index in [1.807, 2.05) is 70.3 Å². The quantitative estimate of drug-likeness (QED) is 0.0398. The second kappa shape index (κ2) is 44.7. The van der Waals surface area contributed by atoms with Crippen LogP contribution in [0, 0.1) is 0 Å². The Morgan fingerprint density at radius 3 is 0.783 bits per heavy atom. The number of aromatic nitrogens is 2. The molecule has 10 heteroatoms. The first-order valence-corrected chi connectivity index (χ1v) is 24.1. The first-order chi connectivity index (χ1) is 29.3. The number of carboxylic acid groups (broad SMARTS) is 2. The lowest BCUT2D eigenvalue weighted by atomic mass is 10.0. The van der Waals surface area contributed by atoms with Gasteiger partial charge >= 0.3 is 0 Å². The summed E-state index contributed by atoms with van der Waals surface area (Å²) >= 11 is 0. The van der Waals surface area contributed by atoms with Crippen molar-refractivity contribution >= 4 is 23.8 Å². The van der Waals surface area contributed by atoms with E-state index >= 15 is 0 Å². The monoisotopic (exact) mass is 839 g/mol. The third kappa shape index (κ3) is 42.3. The van der Waals surface area contributed by atoms with E-state index in [1.54, 1.807) is 0 Å². The van der Waals surface area contributed by atoms with Crippen LogP contribution in [-0.4, -0.2) is 23.8 Å². The third-order valence-corrected chi connectivity index (χ3v) is 10.7. The standard InChI is InChI=1S/2C24H42N2O.C2H2O4/c2*1-2-3-4-5-6-7-8-9-10-11-12-13-14-15-17-20-24(27)25-23-26-21-18-16-19-22-26;3-1(4)2(5)6/h2*16,18-19,21-22H,2-15,17,20,23H2,1H3;(H,3,4)(H,5,6). The van der Waals surface area contributed by atoms with Crippen LogP contribution < -0.4 is 30.0 Å². The number of carbonyl (C=O) groups is 4. The van der Waals surface area contributed by atoms with Gasteiger partial charge in [-0.15, -0.1) is 0 Å². The summed E-state index contributed by atoms with van der Waals surface area (Å²) in [5.41, 5.74) is 0. The van der Waals surface area contributed by atoms with Crippen LogP contribution in [0.4, 0.5) is 0 Å². The number of rotatable bonds is 36. The number of nitrogens with one attached hydrogen (secondary N) is 2. The molecule has 342 valence electrons. The normalized spacial score (nSPS) is 10.5. The van der Waals surface area contributed by atoms with E-state index < -0.39 is 11.9 Å². The van der Waals surface area contributed by atoms with E-state index in [0.717, 1.165) is 12.8 Å². The highest BCUT2D eigenvalue weighted by Crippen LogP contribution is 2.15. The van der Waals surface area contributed by atoms with Crippen LogP contribution in [0.5, 0.6) is 0 Å². The summed E-state index contributed by atoms with van der Waals surface area (Å²) in [5.74, 6) is -4.04. The molecule has 2 aromatic rings. The van der Waals surface area contributed by atoms with E-state index in [-0.39, 0.29) is 11.8 Å². The molecule has 2 rings (SSSR count). The summed E-state index contributed by atoms with van der Waals surface area (Å²) in [6.45, 7) is 5.70. The molecular weight excluding hydrogens is 753 g/mol. The van der Waals surface area contributed by atoms with E-state index in [2.05, 4.69) is 24.5 Å². The molecule has 0 fully saturated rings. The van der Waals surface area contributed by atoms with Crippen molar-refractivity contribution in [2.45, 2.75) is 233 Å². The molecule has 2 amide bonds. The average molecular weight is 839 g/mol. The Hall–Kier alpha value is -3.82. The van der Waals surface area contributed by atoms with Crippen LogP contribution in [0.2, 0.25) is 0 Å². The Balaban J connectivity index is 0.00000102. The minimum atomic E-state index is -2.19. The molecule has 2 heterocycles. The maximum absolute atomic E-state index is 11.8. The zero-order valence-electron chi connectivity index (χ0n) is 38.2. The van der Waals surface area contributed by atoms with Crippen molar-refractivity contribution in [2.75, 3.05) is 0 Å². The van der Waals surface area contributed by atoms with Crippen molar-refractivity contribution in [2.24, 2.45) is 0 Å². The van der Waals surface area contributed by atoms with E-state index in [0.29, 0.717) is 26.2 Å². The Morgan fingerprint density at radius 1 is 0.350 bits per heavy atom. The maximum atomic E-state index is 11.8. The Labute approximate surface area is 365 Å². The van der Waals surface area contributed by atoms with Crippen LogP contribution in [-0.2, 0) is 32.5 Å². The van der Waals surface area contributed by atoms with Gasteiger partial charge in [0.25, 0.3) is 0 Å². The van der Waals surface area contributed by atoms with Gasteiger partial charge in [0.2, 0.25) is 25.2 Å². The van der Waals surface area contributed by atoms with Gasteiger partial charge in [0.1, 0.15) is 0 Å². The summed E-state index contributed by atoms with van der Waals surface area (Å²) < 4.78 is 3.95. The Bertz CT molecular complexity index is 1170. The highest BCUT2D eigenvalue weighted by Gasteiger charge is 2.05. The van der Waals surface area contributed by atoms with Crippen LogP contribution in [0.15, 0.2) is 61.2 Å². The van der Waals surface area contributed by atoms with Crippen LogP contribution in [0.3, 0.4) is 0 Å². The first-order valence-electron chi connectivity index (χ1n) is 24.1. The predicted octanol–water partition coefficient (Wildman–Crippen LogP) is 9.10. The molecule has 0 aliphatic heterocycles. The fourth-order valence-corrected chi connectivity index (χ4v) is 6.93. The summed E-state index contributed by atoms with van der Waals surface area (Å²) in [4.78, 5) is 41.5. The number of hydrogen-bond acceptors (Lipinski definition) is 6. The van der Waals surface area contributed by atoms with Gasteiger partial charge in [0.05, 0.1) is 11.9 Å². The van der Waals surface area contributed by atoms with Gasteiger partial charge in [-0.05, 0) is 12.8 Å². The number of carboxylic acids is 2. The lowest BCUT2D eigenvalue weighted by molar-refractivity contribution is -0.700. The summed E-state index contributed by atoms with van der Waals surface area (Å²) in [6, 6.07) is 11.9. The number of carbonyl (C=O) groups excluding carboxylic acids is 4. The number of hydrogen-bond donors (Lipinski definition) is 2. The molecule has 10 nitrogen and oxygen atoms in total. The van der Waals surface area contributed by atoms with E-state index in [4.69, 9.17) is 19.8 Å². The molecule has 2 aromatic heterocycles. The number of amides is 2. The van der Waals surface area contributed by atoms with Gasteiger partial charge in [-0.1, -0.05) is 206 Å². The van der Waals surface area contributed by atoms with Gasteiger partial charge < -0.3 is 30.4 Å². The maximum Gasteiger partial charge on any atom is 0.224 e. The SMILES string of the molecule is CCCCCCCCCCCCCCCCCC(=O)NC[n+]1ccccc1.CCCCCCCCCCCCCCCCCC(=O)NC[n+]1ccccc1.O=C([O-])C(=O)[O-]. The predicted molar refractivity (Wildman–Crippen MR) is 239 cm³/mol. The number of unbranched alkanes of at least 4 members (excludes halogenated alkanes) is 28. The molecule has 0 unspecified atom stereocenters. The van der Waals surface area contributed by atoms with E-state index in [1.165, 1.54) is 180 Å². The molecule has 0 spiro atoms. The minimum Gasteiger partial charge on any atom is -0.543 e. The average Bonchev–Trinajstić information content (AvgIpc) is 3.26. The molecule has 2 N–H and O–H groups in total. The fourth-order valence-electron chi connectivity index (χ4n) is 6.93. The molecule has 0 saturated heterocycles. The molecule has 0 bridgehead atoms. The topological polar surface area (TPSA) is 146 Å². The van der Waals surface area contributed by atoms with Crippen LogP contribution in [0.1, 0.15) is 219 Å². The second-order valence-corrected chi connectivity index (χ2v) is 16.3. The van der Waals surface area contributed by atoms with E-state index in [9.17, 15) is 9.59 Å². The first kappa shape index (κ1) is 56.2. The van der Waals surface area contributed by atoms with Gasteiger partial charge in [-0.2, -0.15) is 9.13 Å². The molecule has 0 aliphatic carbocycles. The highest BCUT2D eigenvalue weighted by atomic mass is 16.4. The van der Waals surface area contributed by atoms with Crippen molar-refractivity contribution < 1.29 is 38.5 Å². The molecular formula is C50H86N4O6. The molecule has 0 saturated carbocycles. The summed E-state index contributed by atoms with van der Waals surface area (Å²) in [7, 11) is 0. The summed E-state index contributed by atoms with van der Waals surface area (Å²) in [5, 5.41) is 23.8.